The highest BCUT2D eigenvalue weighted by molar-refractivity contribution is 5.70. The molecule has 0 aromatic heterocycles. The summed E-state index contributed by atoms with van der Waals surface area (Å²) in [6.07, 6.45) is 35.8. The van der Waals surface area contributed by atoms with E-state index >= 15 is 0 Å². The Balaban J connectivity index is 3.98. The average Bonchev–Trinajstić information content (AvgIpc) is 3.23. The van der Waals surface area contributed by atoms with Crippen molar-refractivity contribution in [3.63, 3.8) is 0 Å². The third kappa shape index (κ3) is 40.2. The number of esters is 4. The predicted octanol–water partition coefficient (Wildman–Crippen LogP) is 13.3. The predicted molar refractivity (Wildman–Crippen MR) is 245 cm³/mol. The van der Waals surface area contributed by atoms with Crippen molar-refractivity contribution in [1.29, 1.82) is 0 Å². The van der Waals surface area contributed by atoms with Gasteiger partial charge in [0.2, 0.25) is 0 Å². The quantitative estimate of drug-likeness (QED) is 0.0276. The van der Waals surface area contributed by atoms with Gasteiger partial charge in [-0.25, -0.2) is 0 Å². The Labute approximate surface area is 366 Å². The molecule has 346 valence electrons. The molecule has 0 saturated heterocycles. The van der Waals surface area contributed by atoms with Crippen LogP contribution in [0.25, 0.3) is 0 Å². The van der Waals surface area contributed by atoms with Crippen LogP contribution in [0.15, 0.2) is 50.6 Å². The molecule has 0 aliphatic heterocycles. The lowest BCUT2D eigenvalue weighted by molar-refractivity contribution is -0.151. The maximum absolute atomic E-state index is 12.5. The van der Waals surface area contributed by atoms with Crippen LogP contribution in [-0.4, -0.2) is 60.5 Å². The Morgan fingerprint density at radius 3 is 0.950 bits per heavy atom. The summed E-state index contributed by atoms with van der Waals surface area (Å²) in [6.45, 7) is 15.6. The molecule has 0 unspecified atom stereocenters. The lowest BCUT2D eigenvalue weighted by atomic mass is 10.0. The highest BCUT2D eigenvalue weighted by Gasteiger charge is 2.16. The van der Waals surface area contributed by atoms with Crippen molar-refractivity contribution in [2.45, 2.75) is 237 Å². The zero-order valence-corrected chi connectivity index (χ0v) is 38.0. The van der Waals surface area contributed by atoms with Crippen molar-refractivity contribution in [2.75, 3.05) is 13.2 Å². The third-order valence-corrected chi connectivity index (χ3v) is 10.7. The van der Waals surface area contributed by atoms with Crippen molar-refractivity contribution in [1.82, 2.24) is 0 Å². The molecule has 0 spiro atoms. The Morgan fingerprint density at radius 1 is 0.367 bits per heavy atom. The average molecular weight is 845 g/mol. The van der Waals surface area contributed by atoms with E-state index < -0.39 is 6.10 Å². The van der Waals surface area contributed by atoms with Crippen LogP contribution in [0.5, 0.6) is 0 Å². The number of allylic oxidation sites excluding steroid dienone is 4. The fourth-order valence-electron chi connectivity index (χ4n) is 7.09. The lowest BCUT2D eigenvalue weighted by Crippen LogP contribution is -2.18. The molecule has 0 bridgehead atoms. The van der Waals surface area contributed by atoms with Crippen LogP contribution < -0.4 is 0 Å². The van der Waals surface area contributed by atoms with E-state index in [9.17, 15) is 24.3 Å². The third-order valence-electron chi connectivity index (χ3n) is 10.7. The Bertz CT molecular complexity index is 982. The van der Waals surface area contributed by atoms with Crippen LogP contribution in [0.4, 0.5) is 0 Å². The minimum Gasteiger partial charge on any atom is -0.466 e. The summed E-state index contributed by atoms with van der Waals surface area (Å²) in [5, 5.41) is 10.3. The number of carbonyl (C=O) groups is 4. The molecule has 1 N–H and O–H groups in total. The number of aliphatic hydroxyl groups is 1. The van der Waals surface area contributed by atoms with Gasteiger partial charge in [0, 0.05) is 25.7 Å². The van der Waals surface area contributed by atoms with Crippen LogP contribution in [0.1, 0.15) is 218 Å². The van der Waals surface area contributed by atoms with Gasteiger partial charge in [-0.05, 0) is 154 Å². The Morgan fingerprint density at radius 2 is 0.650 bits per heavy atom. The standard InChI is InChI=1S/C51H88O9/c1-5-9-13-17-23-35-46(36-24-18-14-10-6-2)59-50(55)41-29-21-27-39-48(53)57-43-31-33-45(52)34-32-44-58-49(54)40-28-22-30-42-51(56)60-47(37-25-19-15-11-7-3)38-26-20-16-12-8-4/h5-8,45-47,52H,1-4,9-44H2. The number of aliphatic hydroxyl groups excluding tert-OH is 1. The summed E-state index contributed by atoms with van der Waals surface area (Å²) < 4.78 is 22.4. The molecule has 0 aromatic carbocycles. The normalized spacial score (nSPS) is 11.1. The van der Waals surface area contributed by atoms with Gasteiger partial charge in [-0.15, -0.1) is 26.3 Å². The zero-order chi connectivity index (χ0) is 44.2. The molecule has 60 heavy (non-hydrogen) atoms. The van der Waals surface area contributed by atoms with Crippen molar-refractivity contribution >= 4 is 23.9 Å². The van der Waals surface area contributed by atoms with Crippen LogP contribution in [-0.2, 0) is 38.1 Å². The molecule has 0 aromatic rings. The molecule has 0 rings (SSSR count). The summed E-state index contributed by atoms with van der Waals surface area (Å²) in [5.41, 5.74) is 0. The van der Waals surface area contributed by atoms with Crippen molar-refractivity contribution < 1.29 is 43.2 Å². The fraction of sp³-hybridized carbons (Fsp3) is 0.765. The molecule has 0 saturated carbocycles. The minimum absolute atomic E-state index is 0.0206. The monoisotopic (exact) mass is 845 g/mol. The van der Waals surface area contributed by atoms with E-state index in [1.165, 1.54) is 0 Å². The number of rotatable bonds is 46. The minimum atomic E-state index is -0.551. The summed E-state index contributed by atoms with van der Waals surface area (Å²) >= 11 is 0. The second-order valence-corrected chi connectivity index (χ2v) is 16.4. The van der Waals surface area contributed by atoms with Gasteiger partial charge in [-0.1, -0.05) is 62.8 Å². The first-order chi connectivity index (χ1) is 29.2. The molecule has 0 aliphatic carbocycles. The molecule has 0 aliphatic rings. The molecule has 9 heteroatoms. The number of ether oxygens (including phenoxy) is 4. The van der Waals surface area contributed by atoms with Gasteiger partial charge in [0.15, 0.2) is 0 Å². The van der Waals surface area contributed by atoms with Gasteiger partial charge >= 0.3 is 23.9 Å². The Kier molecular flexibility index (Phi) is 41.5. The summed E-state index contributed by atoms with van der Waals surface area (Å²) in [4.78, 5) is 49.4. The van der Waals surface area contributed by atoms with E-state index in [1.807, 2.05) is 24.3 Å². The molecule has 0 heterocycles. The maximum Gasteiger partial charge on any atom is 0.306 e. The number of carbonyl (C=O) groups excluding carboxylic acids is 4. The molecular formula is C51H88O9. The first-order valence-corrected chi connectivity index (χ1v) is 24.1. The first kappa shape index (κ1) is 56.8. The van der Waals surface area contributed by atoms with Crippen molar-refractivity contribution in [3.8, 4) is 0 Å². The van der Waals surface area contributed by atoms with E-state index in [2.05, 4.69) is 26.3 Å². The number of hydrogen-bond acceptors (Lipinski definition) is 9. The largest absolute Gasteiger partial charge is 0.466 e. The smallest absolute Gasteiger partial charge is 0.306 e. The van der Waals surface area contributed by atoms with Gasteiger partial charge in [0.1, 0.15) is 12.2 Å². The molecule has 0 atom stereocenters. The van der Waals surface area contributed by atoms with E-state index in [-0.39, 0.29) is 49.3 Å². The Hall–Kier alpha value is -3.20. The fourth-order valence-corrected chi connectivity index (χ4v) is 7.09. The van der Waals surface area contributed by atoms with Gasteiger partial charge in [-0.2, -0.15) is 0 Å². The molecule has 0 fully saturated rings. The first-order valence-electron chi connectivity index (χ1n) is 24.1. The van der Waals surface area contributed by atoms with Gasteiger partial charge in [0.05, 0.1) is 19.3 Å². The number of unbranched alkanes of at least 4 members (excludes halogenated alkanes) is 16. The van der Waals surface area contributed by atoms with Crippen molar-refractivity contribution in [2.24, 2.45) is 0 Å². The maximum atomic E-state index is 12.5. The van der Waals surface area contributed by atoms with E-state index in [0.29, 0.717) is 77.0 Å². The lowest BCUT2D eigenvalue weighted by Gasteiger charge is -2.18. The van der Waals surface area contributed by atoms with E-state index in [0.717, 1.165) is 141 Å². The highest BCUT2D eigenvalue weighted by Crippen LogP contribution is 2.19. The van der Waals surface area contributed by atoms with Gasteiger partial charge < -0.3 is 24.1 Å². The molecular weight excluding hydrogens is 757 g/mol. The number of hydrogen-bond donors (Lipinski definition) is 1. The van der Waals surface area contributed by atoms with E-state index in [1.54, 1.807) is 0 Å². The second kappa shape index (κ2) is 43.9. The molecule has 0 amide bonds. The summed E-state index contributed by atoms with van der Waals surface area (Å²) in [6, 6.07) is 0. The highest BCUT2D eigenvalue weighted by atomic mass is 16.6. The van der Waals surface area contributed by atoms with Crippen molar-refractivity contribution in [3.05, 3.63) is 50.6 Å². The summed E-state index contributed by atoms with van der Waals surface area (Å²) in [7, 11) is 0. The van der Waals surface area contributed by atoms with Crippen LogP contribution in [0.3, 0.4) is 0 Å². The zero-order valence-electron chi connectivity index (χ0n) is 38.0. The summed E-state index contributed by atoms with van der Waals surface area (Å²) in [5.74, 6) is -0.818. The second-order valence-electron chi connectivity index (χ2n) is 16.4. The van der Waals surface area contributed by atoms with Crippen LogP contribution in [0, 0.1) is 0 Å². The van der Waals surface area contributed by atoms with Crippen LogP contribution in [0.2, 0.25) is 0 Å². The van der Waals surface area contributed by atoms with E-state index in [4.69, 9.17) is 18.9 Å². The van der Waals surface area contributed by atoms with Gasteiger partial charge in [-0.3, -0.25) is 19.2 Å². The molecule has 9 nitrogen and oxygen atoms in total. The van der Waals surface area contributed by atoms with Crippen LogP contribution >= 0.6 is 0 Å². The SMILES string of the molecule is C=CCCCCCC(CCCCCC=C)OC(=O)CCCCCC(=O)OCCCC(O)CCCOC(=O)CCCCCC(=O)OC(CCCCCC=C)CCCCCC=C. The topological polar surface area (TPSA) is 125 Å². The van der Waals surface area contributed by atoms with Gasteiger partial charge in [0.25, 0.3) is 0 Å². The molecule has 0 radical (unpaired) electrons.